The quantitative estimate of drug-likeness (QED) is 0.731. The average molecular weight is 388 g/mol. The number of hydrogen-bond donors (Lipinski definition) is 0. The number of carbonyl (C=O) groups excluding carboxylic acids is 1. The van der Waals surface area contributed by atoms with Crippen LogP contribution in [-0.2, 0) is 21.2 Å². The summed E-state index contributed by atoms with van der Waals surface area (Å²) in [7, 11) is -0.418. The molecule has 7 heteroatoms. The van der Waals surface area contributed by atoms with E-state index in [1.165, 1.54) is 4.31 Å². The van der Waals surface area contributed by atoms with Gasteiger partial charge in [-0.05, 0) is 48.7 Å². The third kappa shape index (κ3) is 4.14. The molecule has 0 atom stereocenters. The number of amides is 1. The highest BCUT2D eigenvalue weighted by Crippen LogP contribution is 2.24. The Balaban J connectivity index is 1.70. The van der Waals surface area contributed by atoms with Gasteiger partial charge in [-0.2, -0.15) is 0 Å². The highest BCUT2D eigenvalue weighted by molar-refractivity contribution is 7.89. The van der Waals surface area contributed by atoms with Gasteiger partial charge >= 0.3 is 0 Å². The normalized spacial score (nSPS) is 14.8. The van der Waals surface area contributed by atoms with Crippen molar-refractivity contribution in [1.82, 2.24) is 4.31 Å². The maximum Gasteiger partial charge on any atom is 0.242 e. The lowest BCUT2D eigenvalue weighted by Crippen LogP contribution is -2.29. The number of anilines is 1. The summed E-state index contributed by atoms with van der Waals surface area (Å²) in [6, 6.07) is 14.1. The van der Waals surface area contributed by atoms with Crippen molar-refractivity contribution >= 4 is 21.6 Å². The number of para-hydroxylation sites is 1. The van der Waals surface area contributed by atoms with Crippen LogP contribution in [0.3, 0.4) is 0 Å². The van der Waals surface area contributed by atoms with Crippen LogP contribution in [0.15, 0.2) is 53.4 Å². The highest BCUT2D eigenvalue weighted by Gasteiger charge is 2.24. The average Bonchev–Trinajstić information content (AvgIpc) is 3.12. The first-order chi connectivity index (χ1) is 12.9. The number of benzene rings is 2. The molecule has 0 radical (unpaired) electrons. The number of methoxy groups -OCH3 is 1. The minimum atomic E-state index is -3.59. The third-order valence-electron chi connectivity index (χ3n) is 4.82. The maximum absolute atomic E-state index is 12.8. The number of carbonyl (C=O) groups is 1. The fraction of sp³-hybridized carbons (Fsp3) is 0.350. The van der Waals surface area contributed by atoms with Gasteiger partial charge in [0.1, 0.15) is 5.75 Å². The molecule has 0 saturated carbocycles. The van der Waals surface area contributed by atoms with Gasteiger partial charge in [0.15, 0.2) is 0 Å². The van der Waals surface area contributed by atoms with Crippen LogP contribution in [0.1, 0.15) is 18.4 Å². The largest absolute Gasteiger partial charge is 0.496 e. The Hall–Kier alpha value is -2.38. The smallest absolute Gasteiger partial charge is 0.242 e. The molecule has 0 aliphatic carbocycles. The van der Waals surface area contributed by atoms with Crippen molar-refractivity contribution < 1.29 is 17.9 Å². The second kappa shape index (κ2) is 8.10. The predicted molar refractivity (Wildman–Crippen MR) is 105 cm³/mol. The Labute approximate surface area is 160 Å². The Kier molecular flexibility index (Phi) is 5.82. The molecule has 2 aromatic rings. The van der Waals surface area contributed by atoms with Crippen LogP contribution < -0.4 is 9.64 Å². The molecule has 27 heavy (non-hydrogen) atoms. The molecule has 1 aliphatic rings. The summed E-state index contributed by atoms with van der Waals surface area (Å²) >= 11 is 0. The predicted octanol–water partition coefficient (Wildman–Crippen LogP) is 2.69. The molecule has 144 valence electrons. The summed E-state index contributed by atoms with van der Waals surface area (Å²) < 4.78 is 32.3. The van der Waals surface area contributed by atoms with Crippen LogP contribution in [0.5, 0.6) is 5.75 Å². The molecule has 2 aromatic carbocycles. The van der Waals surface area contributed by atoms with Crippen molar-refractivity contribution in [3.05, 3.63) is 54.1 Å². The summed E-state index contributed by atoms with van der Waals surface area (Å²) in [5, 5.41) is 0. The molecule has 1 aliphatic heterocycles. The lowest BCUT2D eigenvalue weighted by atomic mass is 10.1. The van der Waals surface area contributed by atoms with E-state index < -0.39 is 10.0 Å². The van der Waals surface area contributed by atoms with Crippen LogP contribution in [0.25, 0.3) is 0 Å². The second-order valence-corrected chi connectivity index (χ2v) is 8.58. The number of hydrogen-bond acceptors (Lipinski definition) is 4. The lowest BCUT2D eigenvalue weighted by Gasteiger charge is -2.19. The van der Waals surface area contributed by atoms with Gasteiger partial charge in [0.05, 0.1) is 12.0 Å². The molecule has 0 aromatic heterocycles. The van der Waals surface area contributed by atoms with Crippen LogP contribution in [0.4, 0.5) is 5.69 Å². The van der Waals surface area contributed by atoms with E-state index in [1.807, 2.05) is 24.3 Å². The van der Waals surface area contributed by atoms with Gasteiger partial charge in [0, 0.05) is 32.2 Å². The molecule has 1 saturated heterocycles. The van der Waals surface area contributed by atoms with E-state index in [-0.39, 0.29) is 10.8 Å². The van der Waals surface area contributed by atoms with E-state index in [1.54, 1.807) is 43.3 Å². The number of nitrogens with zero attached hydrogens (tertiary/aromatic N) is 2. The Morgan fingerprint density at radius 2 is 1.81 bits per heavy atom. The van der Waals surface area contributed by atoms with Gasteiger partial charge in [0.25, 0.3) is 0 Å². The van der Waals surface area contributed by atoms with Gasteiger partial charge in [0.2, 0.25) is 15.9 Å². The molecular weight excluding hydrogens is 364 g/mol. The number of likely N-dealkylation sites (N-methyl/N-ethyl adjacent to an activating group) is 1. The van der Waals surface area contributed by atoms with Crippen LogP contribution in [0.2, 0.25) is 0 Å². The Morgan fingerprint density at radius 1 is 1.11 bits per heavy atom. The number of ether oxygens (including phenoxy) is 1. The molecule has 6 nitrogen and oxygen atoms in total. The Bertz CT molecular complexity index is 910. The minimum Gasteiger partial charge on any atom is -0.496 e. The fourth-order valence-electron chi connectivity index (χ4n) is 3.21. The molecule has 0 unspecified atom stereocenters. The van der Waals surface area contributed by atoms with E-state index in [9.17, 15) is 13.2 Å². The van der Waals surface area contributed by atoms with Crippen LogP contribution in [-0.4, -0.2) is 45.9 Å². The van der Waals surface area contributed by atoms with Crippen molar-refractivity contribution in [2.75, 3.05) is 32.1 Å². The van der Waals surface area contributed by atoms with E-state index in [4.69, 9.17) is 4.74 Å². The molecule has 0 N–H and O–H groups in total. The van der Waals surface area contributed by atoms with Crippen molar-refractivity contribution in [3.8, 4) is 5.75 Å². The minimum absolute atomic E-state index is 0.0829. The van der Waals surface area contributed by atoms with Crippen molar-refractivity contribution in [2.24, 2.45) is 0 Å². The molecule has 0 bridgehead atoms. The summed E-state index contributed by atoms with van der Waals surface area (Å²) in [6.07, 6.45) is 1.94. The summed E-state index contributed by atoms with van der Waals surface area (Å²) in [5.74, 6) is 0.836. The van der Waals surface area contributed by atoms with Gasteiger partial charge in [-0.1, -0.05) is 18.2 Å². The first-order valence-electron chi connectivity index (χ1n) is 8.92. The zero-order valence-corrected chi connectivity index (χ0v) is 16.4. The zero-order chi connectivity index (χ0) is 19.4. The van der Waals surface area contributed by atoms with E-state index >= 15 is 0 Å². The molecule has 0 spiro atoms. The second-order valence-electron chi connectivity index (χ2n) is 6.53. The van der Waals surface area contributed by atoms with E-state index in [0.717, 1.165) is 23.4 Å². The van der Waals surface area contributed by atoms with E-state index in [0.29, 0.717) is 25.9 Å². The summed E-state index contributed by atoms with van der Waals surface area (Å²) in [5.41, 5.74) is 1.71. The van der Waals surface area contributed by atoms with Crippen LogP contribution >= 0.6 is 0 Å². The SMILES string of the molecule is COc1ccccc1CCN(C)S(=O)(=O)c1ccc(N2CCCC2=O)cc1. The molecule has 1 amide bonds. The fourth-order valence-corrected chi connectivity index (χ4v) is 4.38. The Morgan fingerprint density at radius 3 is 2.44 bits per heavy atom. The maximum atomic E-state index is 12.8. The van der Waals surface area contributed by atoms with Crippen molar-refractivity contribution in [3.63, 3.8) is 0 Å². The van der Waals surface area contributed by atoms with Gasteiger partial charge in [-0.25, -0.2) is 12.7 Å². The zero-order valence-electron chi connectivity index (χ0n) is 15.6. The van der Waals surface area contributed by atoms with Gasteiger partial charge in [-0.15, -0.1) is 0 Å². The summed E-state index contributed by atoms with van der Waals surface area (Å²) in [6.45, 7) is 1.03. The number of rotatable bonds is 7. The standard InChI is InChI=1S/C20H24N2O4S/c1-21(15-13-16-6-3-4-7-19(16)26-2)27(24,25)18-11-9-17(10-12-18)22-14-5-8-20(22)23/h3-4,6-7,9-12H,5,8,13-15H2,1-2H3. The molecular formula is C20H24N2O4S. The first kappa shape index (κ1) is 19.4. The lowest BCUT2D eigenvalue weighted by molar-refractivity contribution is -0.117. The van der Waals surface area contributed by atoms with Crippen molar-refractivity contribution in [2.45, 2.75) is 24.2 Å². The van der Waals surface area contributed by atoms with Crippen molar-refractivity contribution in [1.29, 1.82) is 0 Å². The molecule has 1 heterocycles. The molecule has 1 fully saturated rings. The first-order valence-corrected chi connectivity index (χ1v) is 10.4. The topological polar surface area (TPSA) is 66.9 Å². The van der Waals surface area contributed by atoms with E-state index in [2.05, 4.69) is 0 Å². The monoisotopic (exact) mass is 388 g/mol. The highest BCUT2D eigenvalue weighted by atomic mass is 32.2. The third-order valence-corrected chi connectivity index (χ3v) is 6.69. The van der Waals surface area contributed by atoms with Crippen LogP contribution in [0, 0.1) is 0 Å². The van der Waals surface area contributed by atoms with Gasteiger partial charge < -0.3 is 9.64 Å². The molecule has 3 rings (SSSR count). The van der Waals surface area contributed by atoms with Gasteiger partial charge in [-0.3, -0.25) is 4.79 Å². The number of sulfonamides is 1. The summed E-state index contributed by atoms with van der Waals surface area (Å²) in [4.78, 5) is 13.7.